The molecule has 0 bridgehead atoms. The Labute approximate surface area is 123 Å². The minimum atomic E-state index is -0.205. The molecule has 4 unspecified atom stereocenters. The molecule has 2 heteroatoms. The normalized spacial score (nSPS) is 46.4. The summed E-state index contributed by atoms with van der Waals surface area (Å²) in [5.41, 5.74) is 2.88. The van der Waals surface area contributed by atoms with Crippen molar-refractivity contribution in [1.82, 2.24) is 0 Å². The molecular formula is C18H23BO. The Morgan fingerprint density at radius 2 is 2.00 bits per heavy atom. The van der Waals surface area contributed by atoms with E-state index in [0.717, 1.165) is 18.8 Å². The second kappa shape index (κ2) is 4.37. The summed E-state index contributed by atoms with van der Waals surface area (Å²) in [5, 5.41) is 10.7. The first-order valence-corrected chi connectivity index (χ1v) is 8.13. The highest BCUT2D eigenvalue weighted by Gasteiger charge is 2.53. The van der Waals surface area contributed by atoms with Crippen molar-refractivity contribution >= 4 is 7.85 Å². The summed E-state index contributed by atoms with van der Waals surface area (Å²) in [4.78, 5) is 0. The van der Waals surface area contributed by atoms with Crippen molar-refractivity contribution in [3.63, 3.8) is 0 Å². The fourth-order valence-electron chi connectivity index (χ4n) is 5.51. The van der Waals surface area contributed by atoms with E-state index in [2.05, 4.69) is 31.2 Å². The highest BCUT2D eigenvalue weighted by Crippen LogP contribution is 2.62. The average molecular weight is 266 g/mol. The average Bonchev–Trinajstić information content (AvgIpc) is 2.74. The van der Waals surface area contributed by atoms with Crippen LogP contribution in [0.4, 0.5) is 0 Å². The van der Waals surface area contributed by atoms with Crippen molar-refractivity contribution in [2.75, 3.05) is 0 Å². The van der Waals surface area contributed by atoms with Gasteiger partial charge in [0.25, 0.3) is 0 Å². The second-order valence-corrected chi connectivity index (χ2v) is 7.55. The standard InChI is InChI=1S/C18H23BO/c1-18(19)9-8-13-14-7-6-11-4-2-3-5-12(11)17(14)16(20)10-15(13)18/h2-5,13-17,20H,6-10H2,1H3/t13?,14?,15-,16-,17?,18?/m0/s1. The maximum absolute atomic E-state index is 10.8. The van der Waals surface area contributed by atoms with Crippen LogP contribution in [-0.4, -0.2) is 19.1 Å². The smallest absolute Gasteiger partial charge is 0.0746 e. The molecule has 0 aromatic heterocycles. The fraction of sp³-hybridized carbons (Fsp3) is 0.667. The van der Waals surface area contributed by atoms with Crippen molar-refractivity contribution in [3.8, 4) is 0 Å². The number of fused-ring (bicyclic) bond motifs is 5. The van der Waals surface area contributed by atoms with Gasteiger partial charge in [0.05, 0.1) is 14.0 Å². The minimum absolute atomic E-state index is 0.0619. The monoisotopic (exact) mass is 266 g/mol. The first-order chi connectivity index (χ1) is 9.58. The zero-order valence-electron chi connectivity index (χ0n) is 12.3. The van der Waals surface area contributed by atoms with Crippen LogP contribution in [-0.2, 0) is 6.42 Å². The van der Waals surface area contributed by atoms with Gasteiger partial charge in [-0.3, -0.25) is 0 Å². The molecule has 3 aliphatic carbocycles. The third kappa shape index (κ3) is 1.73. The highest BCUT2D eigenvalue weighted by molar-refractivity contribution is 6.15. The van der Waals surface area contributed by atoms with Gasteiger partial charge in [-0.25, -0.2) is 0 Å². The fourth-order valence-corrected chi connectivity index (χ4v) is 5.51. The van der Waals surface area contributed by atoms with Crippen molar-refractivity contribution in [3.05, 3.63) is 35.4 Å². The van der Waals surface area contributed by atoms with Crippen LogP contribution in [0, 0.1) is 17.8 Å². The van der Waals surface area contributed by atoms with Gasteiger partial charge in [-0.1, -0.05) is 49.3 Å². The summed E-state index contributed by atoms with van der Waals surface area (Å²) in [6.45, 7) is 2.20. The zero-order valence-corrected chi connectivity index (χ0v) is 12.3. The second-order valence-electron chi connectivity index (χ2n) is 7.55. The summed E-state index contributed by atoms with van der Waals surface area (Å²) in [5.74, 6) is 2.25. The molecular weight excluding hydrogens is 243 g/mol. The van der Waals surface area contributed by atoms with E-state index < -0.39 is 0 Å². The van der Waals surface area contributed by atoms with Crippen LogP contribution in [0.15, 0.2) is 24.3 Å². The molecule has 1 aromatic carbocycles. The summed E-state index contributed by atoms with van der Waals surface area (Å²) in [7, 11) is 6.50. The third-order valence-electron chi connectivity index (χ3n) is 6.46. The van der Waals surface area contributed by atoms with Crippen LogP contribution in [0.25, 0.3) is 0 Å². The van der Waals surface area contributed by atoms with E-state index in [0.29, 0.717) is 17.8 Å². The van der Waals surface area contributed by atoms with Gasteiger partial charge in [-0.15, -0.1) is 0 Å². The molecule has 0 amide bonds. The van der Waals surface area contributed by atoms with E-state index >= 15 is 0 Å². The number of aliphatic hydroxyl groups is 1. The molecule has 3 aliphatic rings. The molecule has 2 radical (unpaired) electrons. The molecule has 0 spiro atoms. The topological polar surface area (TPSA) is 20.2 Å². The van der Waals surface area contributed by atoms with E-state index in [1.54, 1.807) is 0 Å². The first-order valence-electron chi connectivity index (χ1n) is 8.13. The van der Waals surface area contributed by atoms with Crippen LogP contribution in [0.5, 0.6) is 0 Å². The zero-order chi connectivity index (χ0) is 13.9. The predicted octanol–water partition coefficient (Wildman–Crippen LogP) is 3.47. The Kier molecular flexibility index (Phi) is 2.83. The lowest BCUT2D eigenvalue weighted by molar-refractivity contribution is 0.000698. The number of aliphatic hydroxyl groups excluding tert-OH is 1. The Morgan fingerprint density at radius 3 is 2.85 bits per heavy atom. The molecule has 1 nitrogen and oxygen atoms in total. The predicted molar refractivity (Wildman–Crippen MR) is 82.0 cm³/mol. The van der Waals surface area contributed by atoms with Gasteiger partial charge in [0.15, 0.2) is 0 Å². The number of hydrogen-bond donors (Lipinski definition) is 1. The van der Waals surface area contributed by atoms with E-state index in [9.17, 15) is 5.11 Å². The molecule has 1 aromatic rings. The van der Waals surface area contributed by atoms with Crippen molar-refractivity contribution < 1.29 is 5.11 Å². The summed E-state index contributed by atoms with van der Waals surface area (Å²) < 4.78 is 0. The van der Waals surface area contributed by atoms with Gasteiger partial charge in [0.1, 0.15) is 0 Å². The summed E-state index contributed by atoms with van der Waals surface area (Å²) in [6, 6.07) is 8.74. The lowest BCUT2D eigenvalue weighted by atomic mass is 9.53. The highest BCUT2D eigenvalue weighted by atomic mass is 16.3. The molecule has 20 heavy (non-hydrogen) atoms. The maximum Gasteiger partial charge on any atom is 0.0746 e. The molecule has 2 fully saturated rings. The van der Waals surface area contributed by atoms with Crippen molar-refractivity contribution in [1.29, 1.82) is 0 Å². The van der Waals surface area contributed by atoms with E-state index in [-0.39, 0.29) is 11.4 Å². The van der Waals surface area contributed by atoms with Crippen LogP contribution < -0.4 is 0 Å². The van der Waals surface area contributed by atoms with E-state index in [1.165, 1.54) is 30.4 Å². The molecule has 6 atom stereocenters. The Morgan fingerprint density at radius 1 is 1.20 bits per heavy atom. The number of hydrogen-bond acceptors (Lipinski definition) is 1. The van der Waals surface area contributed by atoms with Gasteiger partial charge in [0, 0.05) is 5.92 Å². The Hall–Kier alpha value is -0.755. The third-order valence-corrected chi connectivity index (χ3v) is 6.46. The molecule has 2 saturated carbocycles. The molecule has 1 N–H and O–H groups in total. The molecule has 104 valence electrons. The number of rotatable bonds is 0. The molecule has 0 saturated heterocycles. The van der Waals surface area contributed by atoms with E-state index in [1.807, 2.05) is 0 Å². The Balaban J connectivity index is 1.73. The van der Waals surface area contributed by atoms with Crippen molar-refractivity contribution in [2.45, 2.75) is 56.4 Å². The lowest BCUT2D eigenvalue weighted by Gasteiger charge is -2.49. The van der Waals surface area contributed by atoms with Crippen LogP contribution >= 0.6 is 0 Å². The molecule has 0 heterocycles. The number of benzene rings is 1. The lowest BCUT2D eigenvalue weighted by Crippen LogP contribution is -2.44. The van der Waals surface area contributed by atoms with Gasteiger partial charge in [0.2, 0.25) is 0 Å². The first kappa shape index (κ1) is 12.9. The quantitative estimate of drug-likeness (QED) is 0.713. The van der Waals surface area contributed by atoms with Crippen LogP contribution in [0.3, 0.4) is 0 Å². The van der Waals surface area contributed by atoms with Gasteiger partial charge in [-0.05, 0) is 48.1 Å². The maximum atomic E-state index is 10.8. The largest absolute Gasteiger partial charge is 0.392 e. The summed E-state index contributed by atoms with van der Waals surface area (Å²) >= 11 is 0. The SMILES string of the molecule is [B]C1(C)CCC2C3CCc4ccccc4C3[C@@H](O)C[C@@H]21. The van der Waals surface area contributed by atoms with Crippen LogP contribution in [0.1, 0.15) is 49.7 Å². The number of aryl methyl sites for hydroxylation is 1. The Bertz CT molecular complexity index is 524. The van der Waals surface area contributed by atoms with Gasteiger partial charge >= 0.3 is 0 Å². The van der Waals surface area contributed by atoms with Gasteiger partial charge in [-0.2, -0.15) is 0 Å². The van der Waals surface area contributed by atoms with E-state index in [4.69, 9.17) is 7.85 Å². The molecule has 4 rings (SSSR count). The van der Waals surface area contributed by atoms with Gasteiger partial charge < -0.3 is 5.11 Å². The molecule has 0 aliphatic heterocycles. The van der Waals surface area contributed by atoms with Crippen molar-refractivity contribution in [2.24, 2.45) is 17.8 Å². The summed E-state index contributed by atoms with van der Waals surface area (Å²) in [6.07, 6.45) is 5.48. The minimum Gasteiger partial charge on any atom is -0.392 e. The van der Waals surface area contributed by atoms with Crippen LogP contribution in [0.2, 0.25) is 5.31 Å².